The van der Waals surface area contributed by atoms with Crippen LogP contribution in [0.25, 0.3) is 0 Å². The molecule has 1 heterocycles. The summed E-state index contributed by atoms with van der Waals surface area (Å²) in [5.41, 5.74) is 0.668. The van der Waals surface area contributed by atoms with Gasteiger partial charge < -0.3 is 10.1 Å². The van der Waals surface area contributed by atoms with Crippen LogP contribution in [0.15, 0.2) is 58.3 Å². The fourth-order valence-electron chi connectivity index (χ4n) is 2.58. The van der Waals surface area contributed by atoms with Gasteiger partial charge in [-0.15, -0.1) is 0 Å². The topological polar surface area (TPSA) is 98.3 Å². The van der Waals surface area contributed by atoms with E-state index >= 15 is 0 Å². The molecule has 8 heteroatoms. The van der Waals surface area contributed by atoms with Gasteiger partial charge in [-0.25, -0.2) is 0 Å². The standard InChI is InChI=1S/C19H14ClN3O3S/c1-10(15-17(25)22-19(27)23-18(15)26)21-14-8-7-12(20)9-13(14)16(24)11-5-3-2-4-6-11/h2-9H,1H3,(H3,22,23,25,26,27). The van der Waals surface area contributed by atoms with Gasteiger partial charge in [0.2, 0.25) is 5.88 Å². The Hall–Kier alpha value is -3.03. The fraction of sp³-hybridized carbons (Fsp3) is 0.0526. The Balaban J connectivity index is 2.13. The summed E-state index contributed by atoms with van der Waals surface area (Å²) >= 11 is 10.9. The second kappa shape index (κ2) is 7.69. The number of benzene rings is 2. The van der Waals surface area contributed by atoms with Gasteiger partial charge in [0.15, 0.2) is 10.6 Å². The summed E-state index contributed by atoms with van der Waals surface area (Å²) in [6, 6.07) is 13.4. The van der Waals surface area contributed by atoms with E-state index < -0.39 is 11.4 Å². The Morgan fingerprint density at radius 1 is 1.15 bits per heavy atom. The minimum absolute atomic E-state index is 0.000451. The van der Waals surface area contributed by atoms with Gasteiger partial charge in [-0.05, 0) is 37.3 Å². The molecular weight excluding hydrogens is 386 g/mol. The van der Waals surface area contributed by atoms with Gasteiger partial charge in [0.25, 0.3) is 5.56 Å². The zero-order chi connectivity index (χ0) is 19.6. The zero-order valence-electron chi connectivity index (χ0n) is 14.1. The van der Waals surface area contributed by atoms with Gasteiger partial charge in [-0.3, -0.25) is 19.6 Å². The molecule has 27 heavy (non-hydrogen) atoms. The Labute approximate surface area is 164 Å². The van der Waals surface area contributed by atoms with Crippen LogP contribution >= 0.6 is 23.8 Å². The van der Waals surface area contributed by atoms with Gasteiger partial charge >= 0.3 is 0 Å². The summed E-state index contributed by atoms with van der Waals surface area (Å²) in [7, 11) is 0. The average Bonchev–Trinajstić information content (AvgIpc) is 2.62. The normalized spacial score (nSPS) is 11.4. The third-order valence-corrected chi connectivity index (χ3v) is 4.25. The molecule has 0 unspecified atom stereocenters. The van der Waals surface area contributed by atoms with E-state index in [1.54, 1.807) is 43.3 Å². The number of aliphatic imine (C=N–C) groups is 1. The average molecular weight is 400 g/mol. The van der Waals surface area contributed by atoms with Crippen molar-refractivity contribution in [3.8, 4) is 5.88 Å². The van der Waals surface area contributed by atoms with Gasteiger partial charge in [-0.2, -0.15) is 0 Å². The number of aromatic hydroxyl groups is 1. The summed E-state index contributed by atoms with van der Waals surface area (Å²) in [4.78, 5) is 34.2. The number of carbonyl (C=O) groups is 1. The van der Waals surface area contributed by atoms with Crippen molar-refractivity contribution < 1.29 is 9.90 Å². The number of nitrogens with one attached hydrogen (secondary N) is 2. The molecular formula is C19H14ClN3O3S. The number of H-pyrrole nitrogens is 2. The van der Waals surface area contributed by atoms with Gasteiger partial charge in [0.05, 0.1) is 11.4 Å². The van der Waals surface area contributed by atoms with Gasteiger partial charge in [0, 0.05) is 16.1 Å². The van der Waals surface area contributed by atoms with Crippen LogP contribution in [0.1, 0.15) is 28.4 Å². The van der Waals surface area contributed by atoms with Crippen LogP contribution in [0.5, 0.6) is 5.88 Å². The SMILES string of the molecule is CC(=Nc1ccc(Cl)cc1C(=O)c1ccccc1)c1c(O)[nH]c(=S)[nH]c1=O. The van der Waals surface area contributed by atoms with E-state index in [-0.39, 0.29) is 27.4 Å². The molecule has 3 N–H and O–H groups in total. The highest BCUT2D eigenvalue weighted by molar-refractivity contribution is 7.71. The molecule has 0 aliphatic rings. The molecule has 0 spiro atoms. The molecule has 6 nitrogen and oxygen atoms in total. The first kappa shape index (κ1) is 18.8. The van der Waals surface area contributed by atoms with Crippen molar-refractivity contribution in [2.45, 2.75) is 6.92 Å². The van der Waals surface area contributed by atoms with E-state index in [0.29, 0.717) is 16.3 Å². The number of aromatic nitrogens is 2. The van der Waals surface area contributed by atoms with Crippen molar-refractivity contribution in [1.29, 1.82) is 0 Å². The lowest BCUT2D eigenvalue weighted by molar-refractivity contribution is 0.103. The summed E-state index contributed by atoms with van der Waals surface area (Å²) < 4.78 is 0.000451. The van der Waals surface area contributed by atoms with E-state index in [0.717, 1.165) is 0 Å². The number of halogens is 1. The van der Waals surface area contributed by atoms with E-state index in [4.69, 9.17) is 23.8 Å². The Morgan fingerprint density at radius 2 is 1.85 bits per heavy atom. The molecule has 1 aromatic heterocycles. The minimum atomic E-state index is -0.581. The van der Waals surface area contributed by atoms with Crippen molar-refractivity contribution in [2.24, 2.45) is 4.99 Å². The molecule has 0 aliphatic carbocycles. The molecule has 3 rings (SSSR count). The second-order valence-corrected chi connectivity index (χ2v) is 6.53. The van der Waals surface area contributed by atoms with Crippen LogP contribution in [-0.4, -0.2) is 26.6 Å². The largest absolute Gasteiger partial charge is 0.494 e. The van der Waals surface area contributed by atoms with Gasteiger partial charge in [0.1, 0.15) is 5.56 Å². The quantitative estimate of drug-likeness (QED) is 0.348. The number of carbonyl (C=O) groups excluding carboxylic acids is 1. The van der Waals surface area contributed by atoms with E-state index in [1.807, 2.05) is 6.07 Å². The number of rotatable bonds is 4. The first-order valence-corrected chi connectivity index (χ1v) is 8.66. The smallest absolute Gasteiger partial charge is 0.264 e. The van der Waals surface area contributed by atoms with Gasteiger partial charge in [-0.1, -0.05) is 41.9 Å². The Kier molecular flexibility index (Phi) is 5.34. The third-order valence-electron chi connectivity index (χ3n) is 3.81. The molecule has 0 bridgehead atoms. The molecule has 0 saturated heterocycles. The molecule has 2 aromatic carbocycles. The Bertz CT molecular complexity index is 1170. The molecule has 0 aliphatic heterocycles. The van der Waals surface area contributed by atoms with Crippen molar-refractivity contribution in [3.05, 3.63) is 85.4 Å². The summed E-state index contributed by atoms with van der Waals surface area (Å²) in [6.07, 6.45) is 0. The van der Waals surface area contributed by atoms with Crippen molar-refractivity contribution in [2.75, 3.05) is 0 Å². The van der Waals surface area contributed by atoms with Crippen LogP contribution in [0, 0.1) is 4.77 Å². The molecule has 0 saturated carbocycles. The van der Waals surface area contributed by atoms with E-state index in [9.17, 15) is 14.7 Å². The van der Waals surface area contributed by atoms with E-state index in [2.05, 4.69) is 15.0 Å². The van der Waals surface area contributed by atoms with Crippen molar-refractivity contribution in [1.82, 2.24) is 9.97 Å². The first-order chi connectivity index (χ1) is 12.9. The molecule has 3 aromatic rings. The number of aromatic amines is 2. The molecule has 0 atom stereocenters. The molecule has 0 fully saturated rings. The maximum atomic E-state index is 12.9. The predicted molar refractivity (Wildman–Crippen MR) is 107 cm³/mol. The number of hydrogen-bond donors (Lipinski definition) is 3. The van der Waals surface area contributed by atoms with Crippen LogP contribution < -0.4 is 5.56 Å². The first-order valence-electron chi connectivity index (χ1n) is 7.87. The highest BCUT2D eigenvalue weighted by atomic mass is 35.5. The molecule has 0 radical (unpaired) electrons. The van der Waals surface area contributed by atoms with Crippen LogP contribution in [-0.2, 0) is 0 Å². The summed E-state index contributed by atoms with van der Waals surface area (Å²) in [5.74, 6) is -0.648. The van der Waals surface area contributed by atoms with Crippen molar-refractivity contribution >= 4 is 41.0 Å². The highest BCUT2D eigenvalue weighted by Gasteiger charge is 2.16. The van der Waals surface area contributed by atoms with E-state index in [1.165, 1.54) is 6.07 Å². The molecule has 136 valence electrons. The lowest BCUT2D eigenvalue weighted by Gasteiger charge is -2.08. The number of nitrogens with zero attached hydrogens (tertiary/aromatic N) is 1. The maximum Gasteiger partial charge on any atom is 0.264 e. The molecule has 0 amide bonds. The monoisotopic (exact) mass is 399 g/mol. The van der Waals surface area contributed by atoms with Crippen LogP contribution in [0.3, 0.4) is 0 Å². The third kappa shape index (κ3) is 4.05. The lowest BCUT2D eigenvalue weighted by atomic mass is 10.0. The van der Waals surface area contributed by atoms with Crippen LogP contribution in [0.4, 0.5) is 5.69 Å². The second-order valence-electron chi connectivity index (χ2n) is 5.69. The summed E-state index contributed by atoms with van der Waals surface area (Å²) in [5, 5.41) is 10.4. The summed E-state index contributed by atoms with van der Waals surface area (Å²) in [6.45, 7) is 1.55. The van der Waals surface area contributed by atoms with Crippen molar-refractivity contribution in [3.63, 3.8) is 0 Å². The lowest BCUT2D eigenvalue weighted by Crippen LogP contribution is -2.18. The zero-order valence-corrected chi connectivity index (χ0v) is 15.7. The maximum absolute atomic E-state index is 12.9. The number of ketones is 1. The highest BCUT2D eigenvalue weighted by Crippen LogP contribution is 2.27. The van der Waals surface area contributed by atoms with Crippen LogP contribution in [0.2, 0.25) is 5.02 Å². The minimum Gasteiger partial charge on any atom is -0.494 e. The predicted octanol–water partition coefficient (Wildman–Crippen LogP) is 4.16. The fourth-order valence-corrected chi connectivity index (χ4v) is 2.94. The number of hydrogen-bond acceptors (Lipinski definition) is 5. The Morgan fingerprint density at radius 3 is 2.52 bits per heavy atom.